The molecule has 40 heavy (non-hydrogen) atoms. The second-order valence-corrected chi connectivity index (χ2v) is 7.95. The second kappa shape index (κ2) is 12.7. The maximum atomic E-state index is 12.8. The number of hydrogen-bond acceptors (Lipinski definition) is 11. The Hall–Kier alpha value is -5.70. The number of nitriles is 1. The number of aromatic nitrogens is 3. The molecule has 3 N–H and O–H groups in total. The van der Waals surface area contributed by atoms with Gasteiger partial charge in [-0.3, -0.25) is 9.78 Å². The fraction of sp³-hybridized carbons (Fsp3) is 0.143. The summed E-state index contributed by atoms with van der Waals surface area (Å²) < 4.78 is 22.2. The van der Waals surface area contributed by atoms with Gasteiger partial charge in [0.15, 0.2) is 23.1 Å². The summed E-state index contributed by atoms with van der Waals surface area (Å²) in [5.74, 6) is 2.05. The summed E-state index contributed by atoms with van der Waals surface area (Å²) in [6, 6.07) is 13.6. The Morgan fingerprint density at radius 2 is 1.85 bits per heavy atom. The number of aliphatic imine (C=N–C) groups is 1. The molecule has 1 amide bonds. The third-order valence-corrected chi connectivity index (χ3v) is 5.41. The molecule has 0 atom stereocenters. The molecule has 0 aliphatic rings. The lowest BCUT2D eigenvalue weighted by Crippen LogP contribution is -2.23. The van der Waals surface area contributed by atoms with E-state index in [1.807, 2.05) is 6.07 Å². The van der Waals surface area contributed by atoms with Crippen molar-refractivity contribution >= 4 is 34.7 Å². The number of hydrogen-bond donors (Lipinski definition) is 2. The maximum absolute atomic E-state index is 12.8. The van der Waals surface area contributed by atoms with Crippen LogP contribution in [0, 0.1) is 11.3 Å². The lowest BCUT2D eigenvalue weighted by atomic mass is 10.2. The smallest absolute Gasteiger partial charge is 0.276 e. The van der Waals surface area contributed by atoms with Crippen molar-refractivity contribution in [1.82, 2.24) is 15.0 Å². The molecule has 0 saturated carbocycles. The highest BCUT2D eigenvalue weighted by atomic mass is 16.5. The number of rotatable bonds is 10. The summed E-state index contributed by atoms with van der Waals surface area (Å²) >= 11 is 0. The molecule has 0 aliphatic carbocycles. The second-order valence-electron chi connectivity index (χ2n) is 7.95. The van der Waals surface area contributed by atoms with Crippen LogP contribution in [-0.4, -0.2) is 47.9 Å². The van der Waals surface area contributed by atoms with Crippen LogP contribution in [0.3, 0.4) is 0 Å². The van der Waals surface area contributed by atoms with Crippen LogP contribution in [0.4, 0.5) is 11.6 Å². The third kappa shape index (κ3) is 6.40. The Labute approximate surface area is 229 Å². The van der Waals surface area contributed by atoms with Gasteiger partial charge in [0.1, 0.15) is 29.1 Å². The lowest BCUT2D eigenvalue weighted by molar-refractivity contribution is -0.113. The van der Waals surface area contributed by atoms with Gasteiger partial charge >= 0.3 is 0 Å². The first kappa shape index (κ1) is 27.3. The fourth-order valence-corrected chi connectivity index (χ4v) is 3.47. The minimum absolute atomic E-state index is 0.0581. The summed E-state index contributed by atoms with van der Waals surface area (Å²) in [5.41, 5.74) is 6.91. The van der Waals surface area contributed by atoms with Gasteiger partial charge in [-0.1, -0.05) is 0 Å². The number of allylic oxidation sites excluding steroid dienone is 1. The summed E-state index contributed by atoms with van der Waals surface area (Å²) in [6.07, 6.45) is 5.76. The molecule has 0 saturated heterocycles. The van der Waals surface area contributed by atoms with E-state index in [1.54, 1.807) is 69.8 Å². The molecule has 4 aromatic rings. The van der Waals surface area contributed by atoms with E-state index in [4.69, 9.17) is 29.9 Å². The van der Waals surface area contributed by atoms with Crippen molar-refractivity contribution in [3.05, 3.63) is 78.1 Å². The van der Waals surface area contributed by atoms with Crippen LogP contribution in [0.15, 0.2) is 77.5 Å². The van der Waals surface area contributed by atoms with E-state index in [0.29, 0.717) is 39.9 Å². The van der Waals surface area contributed by atoms with Gasteiger partial charge in [0, 0.05) is 23.8 Å². The third-order valence-electron chi connectivity index (χ3n) is 5.41. The van der Waals surface area contributed by atoms with Crippen molar-refractivity contribution in [3.8, 4) is 29.1 Å². The van der Waals surface area contributed by atoms with Gasteiger partial charge in [0.2, 0.25) is 0 Å². The molecule has 3 aromatic heterocycles. The van der Waals surface area contributed by atoms with Gasteiger partial charge in [-0.2, -0.15) is 5.26 Å². The Kier molecular flexibility index (Phi) is 8.68. The van der Waals surface area contributed by atoms with Gasteiger partial charge < -0.3 is 30.0 Å². The summed E-state index contributed by atoms with van der Waals surface area (Å²) in [7, 11) is 3.11. The molecule has 0 fully saturated rings. The van der Waals surface area contributed by atoms with Crippen LogP contribution in [0.1, 0.15) is 12.5 Å². The molecule has 202 valence electrons. The van der Waals surface area contributed by atoms with Crippen LogP contribution in [0.25, 0.3) is 10.9 Å². The summed E-state index contributed by atoms with van der Waals surface area (Å²) in [5, 5.41) is 12.2. The van der Waals surface area contributed by atoms with Crippen LogP contribution in [0.5, 0.6) is 23.0 Å². The first-order valence-electron chi connectivity index (χ1n) is 11.9. The number of anilines is 1. The number of benzene rings is 1. The number of amides is 1. The number of methoxy groups -OCH3 is 2. The Morgan fingerprint density at radius 1 is 1.05 bits per heavy atom. The van der Waals surface area contributed by atoms with Crippen LogP contribution >= 0.6 is 0 Å². The zero-order chi connectivity index (χ0) is 28.5. The Balaban J connectivity index is 1.48. The average Bonchev–Trinajstić information content (AvgIpc) is 2.99. The van der Waals surface area contributed by atoms with Crippen LogP contribution < -0.4 is 25.3 Å². The number of nitrogens with zero attached hydrogens (tertiary/aromatic N) is 5. The van der Waals surface area contributed by atoms with Gasteiger partial charge in [-0.05, 0) is 43.3 Å². The number of nitrogens with one attached hydrogen (secondary N) is 1. The van der Waals surface area contributed by atoms with E-state index in [0.717, 1.165) is 5.39 Å². The molecule has 12 nitrogen and oxygen atoms in total. The van der Waals surface area contributed by atoms with Gasteiger partial charge in [0.05, 0.1) is 44.3 Å². The normalized spacial score (nSPS) is 11.4. The van der Waals surface area contributed by atoms with Crippen molar-refractivity contribution in [2.45, 2.75) is 6.92 Å². The number of nitrogens with two attached hydrogens (primary N) is 1. The largest absolute Gasteiger partial charge is 0.493 e. The molecule has 0 aliphatic heterocycles. The first-order chi connectivity index (χ1) is 19.4. The highest BCUT2D eigenvalue weighted by Crippen LogP contribution is 2.36. The summed E-state index contributed by atoms with van der Waals surface area (Å²) in [4.78, 5) is 29.6. The van der Waals surface area contributed by atoms with E-state index < -0.39 is 5.91 Å². The molecule has 3 heterocycles. The van der Waals surface area contributed by atoms with Crippen molar-refractivity contribution in [2.75, 3.05) is 26.1 Å². The molecule has 0 spiro atoms. The van der Waals surface area contributed by atoms with E-state index in [1.165, 1.54) is 18.6 Å². The fourth-order valence-electron chi connectivity index (χ4n) is 3.47. The molecule has 1 aromatic carbocycles. The molecule has 0 bridgehead atoms. The Bertz CT molecular complexity index is 1610. The average molecular weight is 540 g/mol. The predicted octanol–water partition coefficient (Wildman–Crippen LogP) is 4.25. The minimum atomic E-state index is -0.634. The maximum Gasteiger partial charge on any atom is 0.276 e. The van der Waals surface area contributed by atoms with E-state index in [9.17, 15) is 4.79 Å². The molecule has 0 radical (unpaired) electrons. The van der Waals surface area contributed by atoms with Crippen molar-refractivity contribution < 1.29 is 23.7 Å². The van der Waals surface area contributed by atoms with E-state index >= 15 is 0 Å². The summed E-state index contributed by atoms with van der Waals surface area (Å²) in [6.45, 7) is 2.00. The van der Waals surface area contributed by atoms with Crippen LogP contribution in [-0.2, 0) is 9.53 Å². The first-order valence-corrected chi connectivity index (χ1v) is 11.9. The zero-order valence-corrected chi connectivity index (χ0v) is 21.9. The highest BCUT2D eigenvalue weighted by Gasteiger charge is 2.15. The SMILES string of the molecule is CCOC(C=Nc1ccc(C#N)cn1)=C(N)C(=O)Nc1ccc(Oc2ccnc3cc(OC)c(OC)cc23)cn1. The lowest BCUT2D eigenvalue weighted by Gasteiger charge is -2.12. The molecular weight excluding hydrogens is 514 g/mol. The number of carbonyl (C=O) groups is 1. The molecule has 4 rings (SSSR count). The number of pyridine rings is 3. The highest BCUT2D eigenvalue weighted by molar-refractivity contribution is 6.06. The number of carbonyl (C=O) groups excluding carboxylic acids is 1. The van der Waals surface area contributed by atoms with Gasteiger partial charge in [-0.25, -0.2) is 15.0 Å². The zero-order valence-electron chi connectivity index (χ0n) is 21.9. The van der Waals surface area contributed by atoms with Gasteiger partial charge in [0.25, 0.3) is 5.91 Å². The molecule has 0 unspecified atom stereocenters. The van der Waals surface area contributed by atoms with Crippen LogP contribution in [0.2, 0.25) is 0 Å². The standard InChI is InChI=1S/C28H25N7O5/c1-4-39-24(16-34-25-7-5-17(13-29)14-32-25)27(30)28(36)35-26-8-6-18(15-33-26)40-21-9-10-31-20-12-23(38-3)22(37-2)11-19(20)21/h5-12,14-16H,4,30H2,1-3H3,(H,33,35,36). The number of ether oxygens (including phenoxy) is 4. The van der Waals surface area contributed by atoms with Gasteiger partial charge in [-0.15, -0.1) is 0 Å². The predicted molar refractivity (Wildman–Crippen MR) is 148 cm³/mol. The monoisotopic (exact) mass is 539 g/mol. The molecular formula is C28H25N7O5. The van der Waals surface area contributed by atoms with Crippen molar-refractivity contribution in [1.29, 1.82) is 5.26 Å². The Morgan fingerprint density at radius 3 is 2.50 bits per heavy atom. The minimum Gasteiger partial charge on any atom is -0.493 e. The molecule has 12 heteroatoms. The number of fused-ring (bicyclic) bond motifs is 1. The van der Waals surface area contributed by atoms with Crippen molar-refractivity contribution in [2.24, 2.45) is 10.7 Å². The van der Waals surface area contributed by atoms with E-state index in [2.05, 4.69) is 25.3 Å². The van der Waals surface area contributed by atoms with Crippen molar-refractivity contribution in [3.63, 3.8) is 0 Å². The topological polar surface area (TPSA) is 167 Å². The van der Waals surface area contributed by atoms with E-state index in [-0.39, 0.29) is 23.9 Å². The quantitative estimate of drug-likeness (QED) is 0.169.